The SMILES string of the molecule is CNC(=O)c1ccc(N2CCCC(=O)N(c3cnc(C#N)c(C(F)(F)F)c3)C2=S)c(F)c1. The number of anilines is 2. The molecule has 0 radical (unpaired) electrons. The molecule has 0 bridgehead atoms. The fourth-order valence-corrected chi connectivity index (χ4v) is 3.59. The smallest absolute Gasteiger partial charge is 0.355 e. The first kappa shape index (κ1) is 23.1. The summed E-state index contributed by atoms with van der Waals surface area (Å²) in [5.41, 5.74) is -2.43. The van der Waals surface area contributed by atoms with Crippen molar-refractivity contribution in [3.05, 3.63) is 53.1 Å². The van der Waals surface area contributed by atoms with E-state index in [9.17, 15) is 27.2 Å². The number of carbonyl (C=O) groups excluding carboxylic acids is 2. The lowest BCUT2D eigenvalue weighted by atomic mass is 10.1. The van der Waals surface area contributed by atoms with Crippen LogP contribution in [-0.4, -0.2) is 35.5 Å². The Labute approximate surface area is 185 Å². The fourth-order valence-electron chi connectivity index (χ4n) is 3.19. The molecule has 1 fully saturated rings. The van der Waals surface area contributed by atoms with Crippen molar-refractivity contribution in [2.75, 3.05) is 23.4 Å². The van der Waals surface area contributed by atoms with Crippen LogP contribution in [0.4, 0.5) is 28.9 Å². The van der Waals surface area contributed by atoms with Crippen LogP contribution in [0.2, 0.25) is 0 Å². The number of aromatic nitrogens is 1. The van der Waals surface area contributed by atoms with Crippen molar-refractivity contribution in [1.29, 1.82) is 5.26 Å². The van der Waals surface area contributed by atoms with Gasteiger partial charge in [-0.05, 0) is 42.9 Å². The molecular weight excluding hydrogens is 450 g/mol. The van der Waals surface area contributed by atoms with Gasteiger partial charge >= 0.3 is 6.18 Å². The average Bonchev–Trinajstić information content (AvgIpc) is 2.89. The highest BCUT2D eigenvalue weighted by atomic mass is 32.1. The first-order valence-electron chi connectivity index (χ1n) is 9.22. The Kier molecular flexibility index (Phi) is 6.40. The molecule has 0 atom stereocenters. The Bertz CT molecular complexity index is 1150. The lowest BCUT2D eigenvalue weighted by molar-refractivity contribution is -0.138. The molecule has 2 heterocycles. The number of nitrogens with zero attached hydrogens (tertiary/aromatic N) is 4. The van der Waals surface area contributed by atoms with E-state index in [4.69, 9.17) is 17.5 Å². The van der Waals surface area contributed by atoms with E-state index in [0.717, 1.165) is 17.2 Å². The van der Waals surface area contributed by atoms with Crippen LogP contribution in [0.15, 0.2) is 30.5 Å². The molecule has 0 unspecified atom stereocenters. The number of carbonyl (C=O) groups is 2. The zero-order valence-corrected chi connectivity index (χ0v) is 17.4. The predicted molar refractivity (Wildman–Crippen MR) is 110 cm³/mol. The van der Waals surface area contributed by atoms with Crippen molar-refractivity contribution >= 4 is 40.5 Å². The van der Waals surface area contributed by atoms with Crippen LogP contribution in [0.3, 0.4) is 0 Å². The second kappa shape index (κ2) is 8.88. The topological polar surface area (TPSA) is 89.3 Å². The molecule has 0 saturated carbocycles. The van der Waals surface area contributed by atoms with Crippen LogP contribution in [0.5, 0.6) is 0 Å². The minimum Gasteiger partial charge on any atom is -0.355 e. The molecule has 3 rings (SSSR count). The van der Waals surface area contributed by atoms with Crippen LogP contribution in [0.1, 0.15) is 34.5 Å². The van der Waals surface area contributed by atoms with E-state index < -0.39 is 35.1 Å². The van der Waals surface area contributed by atoms with Gasteiger partial charge in [0, 0.05) is 25.6 Å². The fraction of sp³-hybridized carbons (Fsp3) is 0.250. The molecule has 1 aromatic carbocycles. The molecule has 1 N–H and O–H groups in total. The molecule has 1 aliphatic heterocycles. The third kappa shape index (κ3) is 4.38. The van der Waals surface area contributed by atoms with Crippen LogP contribution >= 0.6 is 12.2 Å². The molecule has 166 valence electrons. The molecule has 0 spiro atoms. The number of nitriles is 1. The average molecular weight is 465 g/mol. The number of hydrogen-bond acceptors (Lipinski definition) is 5. The summed E-state index contributed by atoms with van der Waals surface area (Å²) in [6.45, 7) is 0.118. The third-order valence-corrected chi connectivity index (χ3v) is 5.12. The molecule has 2 aromatic rings. The summed E-state index contributed by atoms with van der Waals surface area (Å²) >= 11 is 5.35. The van der Waals surface area contributed by atoms with Gasteiger partial charge in [0.25, 0.3) is 5.91 Å². The van der Waals surface area contributed by atoms with Crippen LogP contribution in [-0.2, 0) is 11.0 Å². The first-order chi connectivity index (χ1) is 15.1. The zero-order chi connectivity index (χ0) is 23.6. The molecule has 1 aromatic heterocycles. The number of thiocarbonyl (C=S) groups is 1. The maximum atomic E-state index is 14.8. The van der Waals surface area contributed by atoms with E-state index in [1.54, 1.807) is 0 Å². The minimum atomic E-state index is -4.88. The number of alkyl halides is 3. The molecule has 1 aliphatic rings. The quantitative estimate of drug-likeness (QED) is 0.552. The molecule has 7 nitrogen and oxygen atoms in total. The molecule has 12 heteroatoms. The summed E-state index contributed by atoms with van der Waals surface area (Å²) in [5, 5.41) is 11.1. The molecule has 32 heavy (non-hydrogen) atoms. The highest BCUT2D eigenvalue weighted by molar-refractivity contribution is 7.81. The van der Waals surface area contributed by atoms with Gasteiger partial charge in [0.2, 0.25) is 5.91 Å². The van der Waals surface area contributed by atoms with Gasteiger partial charge < -0.3 is 10.2 Å². The Morgan fingerprint density at radius 3 is 2.62 bits per heavy atom. The number of hydrogen-bond donors (Lipinski definition) is 1. The van der Waals surface area contributed by atoms with Crippen molar-refractivity contribution in [2.24, 2.45) is 0 Å². The Hall–Kier alpha value is -3.59. The van der Waals surface area contributed by atoms with Gasteiger partial charge in [-0.2, -0.15) is 18.4 Å². The van der Waals surface area contributed by atoms with E-state index in [2.05, 4.69) is 10.3 Å². The first-order valence-corrected chi connectivity index (χ1v) is 9.62. The number of rotatable bonds is 3. The van der Waals surface area contributed by atoms with Crippen molar-refractivity contribution in [3.63, 3.8) is 0 Å². The monoisotopic (exact) mass is 465 g/mol. The largest absolute Gasteiger partial charge is 0.419 e. The maximum absolute atomic E-state index is 14.8. The second-order valence-electron chi connectivity index (χ2n) is 6.71. The van der Waals surface area contributed by atoms with E-state index >= 15 is 0 Å². The molecule has 1 saturated heterocycles. The summed E-state index contributed by atoms with van der Waals surface area (Å²) < 4.78 is 54.9. The van der Waals surface area contributed by atoms with E-state index in [1.807, 2.05) is 0 Å². The number of halogens is 4. The Morgan fingerprint density at radius 1 is 1.31 bits per heavy atom. The van der Waals surface area contributed by atoms with Gasteiger partial charge in [0.05, 0.1) is 23.1 Å². The summed E-state index contributed by atoms with van der Waals surface area (Å²) in [6.07, 6.45) is -3.75. The number of benzene rings is 1. The molecule has 0 aliphatic carbocycles. The van der Waals surface area contributed by atoms with Gasteiger partial charge in [0.1, 0.15) is 11.9 Å². The van der Waals surface area contributed by atoms with Crippen LogP contribution < -0.4 is 15.1 Å². The van der Waals surface area contributed by atoms with E-state index in [1.165, 1.54) is 30.1 Å². The van der Waals surface area contributed by atoms with Crippen LogP contribution in [0.25, 0.3) is 0 Å². The molecular formula is C20H15F4N5O2S. The van der Waals surface area contributed by atoms with Gasteiger partial charge in [-0.1, -0.05) is 0 Å². The lowest BCUT2D eigenvalue weighted by Gasteiger charge is -2.30. The second-order valence-corrected chi connectivity index (χ2v) is 7.08. The highest BCUT2D eigenvalue weighted by Gasteiger charge is 2.37. The highest BCUT2D eigenvalue weighted by Crippen LogP contribution is 2.35. The van der Waals surface area contributed by atoms with Gasteiger partial charge in [-0.25, -0.2) is 9.37 Å². The maximum Gasteiger partial charge on any atom is 0.419 e. The summed E-state index contributed by atoms with van der Waals surface area (Å²) in [7, 11) is 1.39. The predicted octanol–water partition coefficient (Wildman–Crippen LogP) is 3.39. The number of nitrogens with one attached hydrogen (secondary N) is 1. The lowest BCUT2D eigenvalue weighted by Crippen LogP contribution is -2.44. The van der Waals surface area contributed by atoms with Crippen molar-refractivity contribution in [2.45, 2.75) is 19.0 Å². The van der Waals surface area contributed by atoms with E-state index in [-0.39, 0.29) is 41.4 Å². The van der Waals surface area contributed by atoms with Crippen LogP contribution in [0, 0.1) is 17.1 Å². The summed E-state index contributed by atoms with van der Waals surface area (Å²) in [5.74, 6) is -1.90. The normalized spacial score (nSPS) is 14.8. The Balaban J connectivity index is 2.06. The standard InChI is InChI=1S/C20H15F4N5O2S/c1-26-18(31)11-4-5-16(14(21)7-11)28-6-2-3-17(30)29(19(28)32)12-8-13(20(22,23)24)15(9-25)27-10-12/h4-5,7-8,10H,2-3,6H2,1H3,(H,26,31). The van der Waals surface area contributed by atoms with E-state index in [0.29, 0.717) is 6.07 Å². The third-order valence-electron chi connectivity index (χ3n) is 4.71. The Morgan fingerprint density at radius 2 is 2.03 bits per heavy atom. The molecule has 2 amide bonds. The number of amides is 2. The number of pyridine rings is 1. The summed E-state index contributed by atoms with van der Waals surface area (Å²) in [4.78, 5) is 30.0. The van der Waals surface area contributed by atoms with Gasteiger partial charge in [0.15, 0.2) is 10.8 Å². The summed E-state index contributed by atoms with van der Waals surface area (Å²) in [6, 6.07) is 5.65. The van der Waals surface area contributed by atoms with Crippen molar-refractivity contribution < 1.29 is 27.2 Å². The minimum absolute atomic E-state index is 0.0417. The zero-order valence-electron chi connectivity index (χ0n) is 16.5. The van der Waals surface area contributed by atoms with Gasteiger partial charge in [-0.15, -0.1) is 0 Å². The van der Waals surface area contributed by atoms with Crippen molar-refractivity contribution in [3.8, 4) is 6.07 Å². The van der Waals surface area contributed by atoms with Gasteiger partial charge in [-0.3, -0.25) is 14.5 Å². The van der Waals surface area contributed by atoms with Crippen molar-refractivity contribution in [1.82, 2.24) is 10.3 Å².